The van der Waals surface area contributed by atoms with Crippen molar-refractivity contribution < 1.29 is 23.2 Å². The van der Waals surface area contributed by atoms with Crippen molar-refractivity contribution in [1.29, 1.82) is 0 Å². The number of nitrogens with one attached hydrogen (secondary N) is 1. The van der Waals surface area contributed by atoms with Gasteiger partial charge in [-0.25, -0.2) is 0 Å². The average molecular weight is 336 g/mol. The van der Waals surface area contributed by atoms with Crippen LogP contribution in [-0.4, -0.2) is 52.8 Å². The number of rotatable bonds is 16. The molecule has 0 heterocycles. The van der Waals surface area contributed by atoms with Crippen LogP contribution in [0, 0.1) is 0 Å². The first-order valence-corrected chi connectivity index (χ1v) is 10.4. The molecule has 2 N–H and O–H groups in total. The summed E-state index contributed by atoms with van der Waals surface area (Å²) in [5.74, 6) is -0.778. The van der Waals surface area contributed by atoms with Crippen molar-refractivity contribution >= 4 is 14.8 Å². The maximum absolute atomic E-state index is 10.5. The Balaban J connectivity index is 4.29. The van der Waals surface area contributed by atoms with Crippen LogP contribution in [-0.2, 0) is 18.1 Å². The van der Waals surface area contributed by atoms with Gasteiger partial charge in [-0.05, 0) is 32.2 Å². The summed E-state index contributed by atoms with van der Waals surface area (Å²) in [6.07, 6.45) is 3.83. The fraction of sp³-hybridized carbons (Fsp3) is 0.933. The molecule has 7 heteroatoms. The normalized spacial score (nSPS) is 11.8. The molecule has 0 amide bonds. The van der Waals surface area contributed by atoms with Gasteiger partial charge in [-0.15, -0.1) is 0 Å². The van der Waals surface area contributed by atoms with Crippen molar-refractivity contribution in [1.82, 2.24) is 5.32 Å². The molecule has 0 aromatic rings. The molecule has 0 bridgehead atoms. The van der Waals surface area contributed by atoms with E-state index in [2.05, 4.69) is 26.1 Å². The van der Waals surface area contributed by atoms with Gasteiger partial charge in [-0.2, -0.15) is 0 Å². The summed E-state index contributed by atoms with van der Waals surface area (Å²) in [4.78, 5) is 10.5. The van der Waals surface area contributed by atoms with Crippen molar-refractivity contribution in [3.05, 3.63) is 0 Å². The first-order chi connectivity index (χ1) is 10.6. The molecule has 0 unspecified atom stereocenters. The molecule has 0 rings (SSSR count). The van der Waals surface area contributed by atoms with Crippen molar-refractivity contribution in [2.45, 2.75) is 58.9 Å². The van der Waals surface area contributed by atoms with Crippen molar-refractivity contribution in [3.63, 3.8) is 0 Å². The maximum Gasteiger partial charge on any atom is 0.501 e. The summed E-state index contributed by atoms with van der Waals surface area (Å²) < 4.78 is 18.0. The lowest BCUT2D eigenvalue weighted by Crippen LogP contribution is -2.47. The Labute approximate surface area is 135 Å². The van der Waals surface area contributed by atoms with E-state index in [-0.39, 0.29) is 6.42 Å². The van der Waals surface area contributed by atoms with Crippen LogP contribution in [0.5, 0.6) is 0 Å². The van der Waals surface area contributed by atoms with Gasteiger partial charge >= 0.3 is 14.8 Å². The van der Waals surface area contributed by atoms with Gasteiger partial charge < -0.3 is 23.7 Å². The van der Waals surface area contributed by atoms with Crippen LogP contribution < -0.4 is 5.32 Å². The Bertz CT molecular complexity index is 257. The summed E-state index contributed by atoms with van der Waals surface area (Å²) in [7, 11) is -2.60. The lowest BCUT2D eigenvalue weighted by molar-refractivity contribution is -0.136. The Morgan fingerprint density at radius 1 is 0.955 bits per heavy atom. The van der Waals surface area contributed by atoms with Crippen LogP contribution in [0.15, 0.2) is 0 Å². The van der Waals surface area contributed by atoms with Crippen LogP contribution in [0.2, 0.25) is 6.04 Å². The van der Waals surface area contributed by atoms with Crippen molar-refractivity contribution in [2.75, 3.05) is 32.9 Å². The van der Waals surface area contributed by atoms with E-state index in [1.54, 1.807) is 0 Å². The van der Waals surface area contributed by atoms with E-state index in [0.717, 1.165) is 38.3 Å². The highest BCUT2D eigenvalue weighted by atomic mass is 28.4. The summed E-state index contributed by atoms with van der Waals surface area (Å²) in [6, 6.07) is 0.771. The SMILES string of the molecule is CCCO[Si](CCCNCCC(=O)O)(OCCC)OCCC. The number of carboxylic acids is 1. The first-order valence-electron chi connectivity index (χ1n) is 8.44. The number of carboxylic acid groups (broad SMARTS) is 1. The molecular formula is C15H33NO5Si. The quantitative estimate of drug-likeness (QED) is 0.333. The zero-order valence-electron chi connectivity index (χ0n) is 14.4. The number of aliphatic carboxylic acids is 1. The third-order valence-electron chi connectivity index (χ3n) is 2.93. The minimum absolute atomic E-state index is 0.146. The molecule has 0 atom stereocenters. The van der Waals surface area contributed by atoms with E-state index in [4.69, 9.17) is 18.4 Å². The molecule has 132 valence electrons. The lowest BCUT2D eigenvalue weighted by Gasteiger charge is -2.29. The van der Waals surface area contributed by atoms with Gasteiger partial charge in [0.25, 0.3) is 0 Å². The highest BCUT2D eigenvalue weighted by Gasteiger charge is 2.40. The van der Waals surface area contributed by atoms with Crippen LogP contribution in [0.25, 0.3) is 0 Å². The van der Waals surface area contributed by atoms with Gasteiger partial charge in [0.05, 0.1) is 6.42 Å². The van der Waals surface area contributed by atoms with Gasteiger partial charge in [-0.3, -0.25) is 4.79 Å². The second-order valence-electron chi connectivity index (χ2n) is 5.23. The largest absolute Gasteiger partial charge is 0.501 e. The van der Waals surface area contributed by atoms with Crippen LogP contribution in [0.1, 0.15) is 52.9 Å². The molecule has 0 saturated heterocycles. The fourth-order valence-electron chi connectivity index (χ4n) is 1.86. The summed E-state index contributed by atoms with van der Waals surface area (Å²) in [6.45, 7) is 9.45. The zero-order chi connectivity index (χ0) is 16.7. The molecule has 0 radical (unpaired) electrons. The van der Waals surface area contributed by atoms with Gasteiger partial charge in [-0.1, -0.05) is 20.8 Å². The molecule has 0 aromatic carbocycles. The predicted molar refractivity (Wildman–Crippen MR) is 89.0 cm³/mol. The number of carbonyl (C=O) groups is 1. The minimum Gasteiger partial charge on any atom is -0.481 e. The van der Waals surface area contributed by atoms with Gasteiger partial charge in [0.2, 0.25) is 0 Å². The van der Waals surface area contributed by atoms with E-state index < -0.39 is 14.8 Å². The first kappa shape index (κ1) is 21.5. The molecule has 0 spiro atoms. The summed E-state index contributed by atoms with van der Waals surface area (Å²) in [5, 5.41) is 11.7. The Morgan fingerprint density at radius 2 is 1.45 bits per heavy atom. The molecule has 22 heavy (non-hydrogen) atoms. The topological polar surface area (TPSA) is 77.0 Å². The smallest absolute Gasteiger partial charge is 0.481 e. The molecular weight excluding hydrogens is 302 g/mol. The minimum atomic E-state index is -2.60. The molecule has 0 aliphatic carbocycles. The van der Waals surface area contributed by atoms with Crippen LogP contribution >= 0.6 is 0 Å². The molecule has 0 fully saturated rings. The second-order valence-corrected chi connectivity index (χ2v) is 7.96. The van der Waals surface area contributed by atoms with Gasteiger partial charge in [0.1, 0.15) is 0 Å². The molecule has 0 aliphatic rings. The Morgan fingerprint density at radius 3 is 1.86 bits per heavy atom. The third-order valence-corrected chi connectivity index (χ3v) is 5.83. The molecule has 0 aliphatic heterocycles. The van der Waals surface area contributed by atoms with Gasteiger partial charge in [0.15, 0.2) is 0 Å². The Kier molecular flexibility index (Phi) is 13.8. The third kappa shape index (κ3) is 11.1. The standard InChI is InChI=1S/C15H33NO5Si/c1-4-11-19-22(20-12-5-2,21-13-6-3)14-7-9-16-10-8-15(17)18/h16H,4-14H2,1-3H3,(H,17,18). The predicted octanol–water partition coefficient (Wildman–Crippen LogP) is 2.66. The molecule has 0 aromatic heterocycles. The van der Waals surface area contributed by atoms with E-state index in [1.165, 1.54) is 0 Å². The number of hydrogen-bond acceptors (Lipinski definition) is 5. The van der Waals surface area contributed by atoms with E-state index in [9.17, 15) is 4.79 Å². The van der Waals surface area contributed by atoms with E-state index in [1.807, 2.05) is 0 Å². The molecule has 6 nitrogen and oxygen atoms in total. The van der Waals surface area contributed by atoms with Crippen molar-refractivity contribution in [3.8, 4) is 0 Å². The molecule has 0 saturated carbocycles. The second kappa shape index (κ2) is 14.1. The highest BCUT2D eigenvalue weighted by molar-refractivity contribution is 6.60. The summed E-state index contributed by atoms with van der Waals surface area (Å²) >= 11 is 0. The number of hydrogen-bond donors (Lipinski definition) is 2. The monoisotopic (exact) mass is 335 g/mol. The Hall–Kier alpha value is -0.473. The van der Waals surface area contributed by atoms with Crippen LogP contribution in [0.3, 0.4) is 0 Å². The van der Waals surface area contributed by atoms with E-state index >= 15 is 0 Å². The van der Waals surface area contributed by atoms with Gasteiger partial charge in [0, 0.05) is 32.4 Å². The van der Waals surface area contributed by atoms with Crippen LogP contribution in [0.4, 0.5) is 0 Å². The fourth-order valence-corrected chi connectivity index (χ4v) is 4.70. The lowest BCUT2D eigenvalue weighted by atomic mass is 10.4. The average Bonchev–Trinajstić information content (AvgIpc) is 2.51. The van der Waals surface area contributed by atoms with E-state index in [0.29, 0.717) is 26.4 Å². The highest BCUT2D eigenvalue weighted by Crippen LogP contribution is 2.19. The summed E-state index contributed by atoms with van der Waals surface area (Å²) in [5.41, 5.74) is 0. The zero-order valence-corrected chi connectivity index (χ0v) is 15.4. The maximum atomic E-state index is 10.5. The van der Waals surface area contributed by atoms with Crippen molar-refractivity contribution in [2.24, 2.45) is 0 Å².